The van der Waals surface area contributed by atoms with Gasteiger partial charge in [-0.2, -0.15) is 0 Å². The molecule has 162 valence electrons. The predicted molar refractivity (Wildman–Crippen MR) is 118 cm³/mol. The van der Waals surface area contributed by atoms with E-state index in [1.54, 1.807) is 43.5 Å². The minimum Gasteiger partial charge on any atom is -0.497 e. The van der Waals surface area contributed by atoms with Crippen molar-refractivity contribution in [3.63, 3.8) is 0 Å². The lowest BCUT2D eigenvalue weighted by molar-refractivity contribution is 0.0697. The van der Waals surface area contributed by atoms with Gasteiger partial charge in [0.15, 0.2) is 5.37 Å². The monoisotopic (exact) mass is 440 g/mol. The second-order valence-corrected chi connectivity index (χ2v) is 9.06. The number of nitrogens with zero attached hydrogens (tertiary/aromatic N) is 1. The van der Waals surface area contributed by atoms with E-state index in [4.69, 9.17) is 4.74 Å². The van der Waals surface area contributed by atoms with Crippen molar-refractivity contribution in [2.45, 2.75) is 30.5 Å². The maximum Gasteiger partial charge on any atom is 0.337 e. The molecular formula is C23H24N2O5S. The lowest BCUT2D eigenvalue weighted by Gasteiger charge is -2.23. The van der Waals surface area contributed by atoms with Crippen LogP contribution in [0.3, 0.4) is 0 Å². The first-order valence-corrected chi connectivity index (χ1v) is 11.2. The van der Waals surface area contributed by atoms with Crippen molar-refractivity contribution < 1.29 is 23.1 Å². The van der Waals surface area contributed by atoms with Gasteiger partial charge in [0.1, 0.15) is 5.75 Å². The van der Waals surface area contributed by atoms with E-state index in [-0.39, 0.29) is 16.1 Å². The first-order chi connectivity index (χ1) is 14.8. The van der Waals surface area contributed by atoms with Gasteiger partial charge < -0.3 is 15.2 Å². The number of rotatable bonds is 8. The zero-order chi connectivity index (χ0) is 22.6. The molecule has 0 aliphatic rings. The van der Waals surface area contributed by atoms with Crippen LogP contribution in [0.1, 0.15) is 39.3 Å². The summed E-state index contributed by atoms with van der Waals surface area (Å²) in [6, 6.07) is 12.8. The lowest BCUT2D eigenvalue weighted by Crippen LogP contribution is -2.23. The molecule has 0 radical (unpaired) electrons. The first-order valence-electron chi connectivity index (χ1n) is 9.69. The highest BCUT2D eigenvalue weighted by atomic mass is 32.2. The van der Waals surface area contributed by atoms with Gasteiger partial charge in [-0.1, -0.05) is 19.1 Å². The number of pyridine rings is 1. The number of hydrogen-bond donors (Lipinski definition) is 2. The van der Waals surface area contributed by atoms with Gasteiger partial charge >= 0.3 is 5.97 Å². The van der Waals surface area contributed by atoms with Gasteiger partial charge in [0.05, 0.1) is 23.3 Å². The van der Waals surface area contributed by atoms with E-state index in [2.05, 4.69) is 10.3 Å². The second kappa shape index (κ2) is 9.18. The Hall–Kier alpha value is -3.39. The van der Waals surface area contributed by atoms with E-state index in [0.717, 1.165) is 5.56 Å². The quantitative estimate of drug-likeness (QED) is 0.539. The van der Waals surface area contributed by atoms with Crippen molar-refractivity contribution in [3.05, 3.63) is 83.2 Å². The lowest BCUT2D eigenvalue weighted by atomic mass is 10.0. The topological polar surface area (TPSA) is 106 Å². The molecule has 0 aliphatic carbocycles. The van der Waals surface area contributed by atoms with Crippen LogP contribution in [0.25, 0.3) is 0 Å². The number of carboxylic acids is 1. The largest absolute Gasteiger partial charge is 0.497 e. The fraction of sp³-hybridized carbons (Fsp3) is 0.217. The Kier molecular flexibility index (Phi) is 6.60. The standard InChI is InChI=1S/C23H24N2O5S/c1-4-16-12-15(2)21(20(13-16)23(26)27)25-22(17-6-5-11-24-14-17)31(28,29)19-9-7-18(30-3)8-10-19/h5-14,22,25H,4H2,1-3H3,(H,26,27). The van der Waals surface area contributed by atoms with Crippen LogP contribution in [0.2, 0.25) is 0 Å². The van der Waals surface area contributed by atoms with E-state index in [1.165, 1.54) is 25.4 Å². The number of hydrogen-bond acceptors (Lipinski definition) is 6. The summed E-state index contributed by atoms with van der Waals surface area (Å²) in [6.07, 6.45) is 3.66. The number of sulfone groups is 1. The smallest absolute Gasteiger partial charge is 0.337 e. The molecule has 1 atom stereocenters. The van der Waals surface area contributed by atoms with Crippen molar-refractivity contribution in [3.8, 4) is 5.75 Å². The summed E-state index contributed by atoms with van der Waals surface area (Å²) in [5.41, 5.74) is 2.19. The van der Waals surface area contributed by atoms with Gasteiger partial charge in [0.25, 0.3) is 0 Å². The van der Waals surface area contributed by atoms with Crippen LogP contribution in [-0.4, -0.2) is 31.6 Å². The third kappa shape index (κ3) is 4.69. The van der Waals surface area contributed by atoms with Gasteiger partial charge in [0.2, 0.25) is 9.84 Å². The molecule has 0 saturated carbocycles. The fourth-order valence-electron chi connectivity index (χ4n) is 3.33. The van der Waals surface area contributed by atoms with Crippen LogP contribution >= 0.6 is 0 Å². The third-order valence-corrected chi connectivity index (χ3v) is 6.93. The average Bonchev–Trinajstić information content (AvgIpc) is 2.78. The number of aromatic nitrogens is 1. The van der Waals surface area contributed by atoms with Gasteiger partial charge in [-0.25, -0.2) is 13.2 Å². The molecule has 1 aromatic heterocycles. The minimum atomic E-state index is -3.95. The van der Waals surface area contributed by atoms with E-state index < -0.39 is 21.2 Å². The van der Waals surface area contributed by atoms with E-state index in [0.29, 0.717) is 23.3 Å². The highest BCUT2D eigenvalue weighted by Crippen LogP contribution is 2.34. The van der Waals surface area contributed by atoms with Crippen LogP contribution < -0.4 is 10.1 Å². The normalized spacial score (nSPS) is 12.2. The number of aromatic carboxylic acids is 1. The van der Waals surface area contributed by atoms with Crippen molar-refractivity contribution >= 4 is 21.5 Å². The summed E-state index contributed by atoms with van der Waals surface area (Å²) in [5, 5.41) is 11.5. The molecule has 3 aromatic rings. The highest BCUT2D eigenvalue weighted by molar-refractivity contribution is 7.91. The molecule has 8 heteroatoms. The van der Waals surface area contributed by atoms with Crippen LogP contribution in [-0.2, 0) is 16.3 Å². The fourth-order valence-corrected chi connectivity index (χ4v) is 4.89. The molecule has 0 fully saturated rings. The number of carbonyl (C=O) groups is 1. The Morgan fingerprint density at radius 1 is 1.19 bits per heavy atom. The molecule has 0 aliphatic heterocycles. The van der Waals surface area contributed by atoms with Gasteiger partial charge in [-0.15, -0.1) is 0 Å². The summed E-state index contributed by atoms with van der Waals surface area (Å²) in [7, 11) is -2.45. The Morgan fingerprint density at radius 3 is 2.45 bits per heavy atom. The number of carboxylic acid groups (broad SMARTS) is 1. The van der Waals surface area contributed by atoms with Crippen LogP contribution in [0, 0.1) is 6.92 Å². The molecule has 31 heavy (non-hydrogen) atoms. The molecule has 3 rings (SSSR count). The van der Waals surface area contributed by atoms with Gasteiger partial charge in [-0.3, -0.25) is 4.98 Å². The molecule has 1 heterocycles. The number of anilines is 1. The van der Waals surface area contributed by atoms with Crippen LogP contribution in [0.5, 0.6) is 5.75 Å². The number of nitrogens with one attached hydrogen (secondary N) is 1. The Balaban J connectivity index is 2.15. The summed E-state index contributed by atoms with van der Waals surface area (Å²) >= 11 is 0. The van der Waals surface area contributed by atoms with Crippen molar-refractivity contribution in [2.75, 3.05) is 12.4 Å². The second-order valence-electron chi connectivity index (χ2n) is 7.03. The number of aryl methyl sites for hydroxylation is 2. The Morgan fingerprint density at radius 2 is 1.90 bits per heavy atom. The molecule has 0 spiro atoms. The molecule has 7 nitrogen and oxygen atoms in total. The molecular weight excluding hydrogens is 416 g/mol. The number of methoxy groups -OCH3 is 1. The van der Waals surface area contributed by atoms with E-state index in [1.807, 2.05) is 13.0 Å². The number of ether oxygens (including phenoxy) is 1. The highest BCUT2D eigenvalue weighted by Gasteiger charge is 2.31. The summed E-state index contributed by atoms with van der Waals surface area (Å²) in [6.45, 7) is 3.69. The van der Waals surface area contributed by atoms with Crippen molar-refractivity contribution in [1.82, 2.24) is 4.98 Å². The minimum absolute atomic E-state index is 0.0238. The SMILES string of the molecule is CCc1cc(C)c(NC(c2cccnc2)S(=O)(=O)c2ccc(OC)cc2)c(C(=O)O)c1. The average molecular weight is 441 g/mol. The van der Waals surface area contributed by atoms with Gasteiger partial charge in [0, 0.05) is 18.0 Å². The summed E-state index contributed by atoms with van der Waals surface area (Å²) in [4.78, 5) is 16.1. The van der Waals surface area contributed by atoms with E-state index >= 15 is 0 Å². The third-order valence-electron chi connectivity index (χ3n) is 4.99. The van der Waals surface area contributed by atoms with Crippen LogP contribution in [0.4, 0.5) is 5.69 Å². The van der Waals surface area contributed by atoms with Crippen LogP contribution in [0.15, 0.2) is 65.8 Å². The molecule has 2 aromatic carbocycles. The van der Waals surface area contributed by atoms with Gasteiger partial charge in [-0.05, 0) is 60.9 Å². The summed E-state index contributed by atoms with van der Waals surface area (Å²) in [5.74, 6) is -0.600. The maximum absolute atomic E-state index is 13.6. The Labute approximate surface area is 181 Å². The van der Waals surface area contributed by atoms with E-state index in [9.17, 15) is 18.3 Å². The first kappa shape index (κ1) is 22.3. The molecule has 0 saturated heterocycles. The molecule has 1 unspecified atom stereocenters. The van der Waals surface area contributed by atoms with Crippen molar-refractivity contribution in [1.29, 1.82) is 0 Å². The Bertz CT molecular complexity index is 1180. The molecule has 0 amide bonds. The predicted octanol–water partition coefficient (Wildman–Crippen LogP) is 4.24. The summed E-state index contributed by atoms with van der Waals surface area (Å²) < 4.78 is 32.3. The molecule has 2 N–H and O–H groups in total. The van der Waals surface area contributed by atoms with Crippen molar-refractivity contribution in [2.24, 2.45) is 0 Å². The number of benzene rings is 2. The maximum atomic E-state index is 13.6. The zero-order valence-electron chi connectivity index (χ0n) is 17.5. The molecule has 0 bridgehead atoms. The zero-order valence-corrected chi connectivity index (χ0v) is 18.3.